The second-order valence-electron chi connectivity index (χ2n) is 5.88. The molecule has 134 valence electrons. The lowest BCUT2D eigenvalue weighted by molar-refractivity contribution is 0.102. The van der Waals surface area contributed by atoms with E-state index in [1.54, 1.807) is 31.4 Å². The molecule has 1 atom stereocenters. The fraction of sp³-hybridized carbons (Fsp3) is 0.438. The first kappa shape index (κ1) is 17.9. The third kappa shape index (κ3) is 4.82. The summed E-state index contributed by atoms with van der Waals surface area (Å²) in [6, 6.07) is 6.89. The molecule has 0 bridgehead atoms. The van der Waals surface area contributed by atoms with Gasteiger partial charge in [0.25, 0.3) is 5.22 Å². The molecule has 0 radical (unpaired) electrons. The number of methoxy groups -OCH3 is 1. The number of nitrogens with zero attached hydrogens (tertiary/aromatic N) is 2. The van der Waals surface area contributed by atoms with Crippen LogP contribution in [0, 0.1) is 5.92 Å². The summed E-state index contributed by atoms with van der Waals surface area (Å²) < 4.78 is 33.5. The van der Waals surface area contributed by atoms with Gasteiger partial charge >= 0.3 is 0 Å². The molecule has 7 nitrogen and oxygen atoms in total. The number of rotatable bonds is 7. The van der Waals surface area contributed by atoms with Crippen LogP contribution in [0.3, 0.4) is 0 Å². The van der Waals surface area contributed by atoms with Crippen molar-refractivity contribution in [1.82, 2.24) is 10.2 Å². The molecule has 1 aromatic heterocycles. The first-order valence-electron chi connectivity index (χ1n) is 7.78. The number of carbonyl (C=O) groups excluding carboxylic acids is 1. The van der Waals surface area contributed by atoms with Gasteiger partial charge in [-0.25, -0.2) is 8.42 Å². The van der Waals surface area contributed by atoms with E-state index >= 15 is 0 Å². The minimum absolute atomic E-state index is 0.0317. The third-order valence-electron chi connectivity index (χ3n) is 3.98. The normalized spacial score (nSPS) is 19.0. The Morgan fingerprint density at radius 3 is 2.72 bits per heavy atom. The van der Waals surface area contributed by atoms with Crippen LogP contribution in [-0.2, 0) is 16.3 Å². The molecule has 1 saturated heterocycles. The summed E-state index contributed by atoms with van der Waals surface area (Å²) in [5, 5.41) is 8.17. The highest BCUT2D eigenvalue weighted by atomic mass is 32.2. The molecule has 1 aromatic carbocycles. The first-order valence-corrected chi connectivity index (χ1v) is 10.6. The average Bonchev–Trinajstić information content (AvgIpc) is 3.19. The van der Waals surface area contributed by atoms with Crippen LogP contribution in [0.1, 0.15) is 22.7 Å². The van der Waals surface area contributed by atoms with Crippen LogP contribution < -0.4 is 4.74 Å². The molecule has 2 heterocycles. The van der Waals surface area contributed by atoms with E-state index in [2.05, 4.69) is 10.2 Å². The molecule has 0 unspecified atom stereocenters. The molecular weight excluding hydrogens is 364 g/mol. The Labute approximate surface area is 150 Å². The molecular formula is C16H18N2O5S2. The van der Waals surface area contributed by atoms with Gasteiger partial charge < -0.3 is 9.15 Å². The zero-order valence-corrected chi connectivity index (χ0v) is 15.3. The highest BCUT2D eigenvalue weighted by molar-refractivity contribution is 7.99. The fourth-order valence-electron chi connectivity index (χ4n) is 2.65. The van der Waals surface area contributed by atoms with Crippen molar-refractivity contribution < 1.29 is 22.4 Å². The van der Waals surface area contributed by atoms with Gasteiger partial charge in [-0.3, -0.25) is 4.79 Å². The maximum atomic E-state index is 12.2. The van der Waals surface area contributed by atoms with Gasteiger partial charge in [-0.05, 0) is 36.6 Å². The Hall–Kier alpha value is -1.87. The zero-order valence-electron chi connectivity index (χ0n) is 13.7. The van der Waals surface area contributed by atoms with Crippen LogP contribution in [0.5, 0.6) is 5.75 Å². The summed E-state index contributed by atoms with van der Waals surface area (Å²) in [7, 11) is -1.34. The Morgan fingerprint density at radius 2 is 2.08 bits per heavy atom. The minimum atomic E-state index is -2.91. The molecule has 0 N–H and O–H groups in total. The molecule has 0 amide bonds. The number of thioether (sulfide) groups is 1. The molecule has 2 aromatic rings. The quantitative estimate of drug-likeness (QED) is 0.530. The molecule has 25 heavy (non-hydrogen) atoms. The van der Waals surface area contributed by atoms with E-state index in [1.807, 2.05) is 0 Å². The van der Waals surface area contributed by atoms with E-state index in [-0.39, 0.29) is 29.0 Å². The van der Waals surface area contributed by atoms with Gasteiger partial charge in [-0.15, -0.1) is 10.2 Å². The molecule has 0 aliphatic carbocycles. The Balaban J connectivity index is 1.52. The number of carbonyl (C=O) groups is 1. The van der Waals surface area contributed by atoms with Gasteiger partial charge in [-0.1, -0.05) is 11.8 Å². The topological polar surface area (TPSA) is 99.4 Å². The largest absolute Gasteiger partial charge is 0.497 e. The van der Waals surface area contributed by atoms with Crippen LogP contribution in [0.4, 0.5) is 0 Å². The second-order valence-corrected chi connectivity index (χ2v) is 9.03. The number of Topliss-reactive ketones (excluding diaryl/α,β-unsaturated/α-hetero) is 1. The van der Waals surface area contributed by atoms with Gasteiger partial charge in [-0.2, -0.15) is 0 Å². The third-order valence-corrected chi connectivity index (χ3v) is 6.63. The Bertz CT molecular complexity index is 846. The van der Waals surface area contributed by atoms with Crippen molar-refractivity contribution in [1.29, 1.82) is 0 Å². The molecule has 0 saturated carbocycles. The summed E-state index contributed by atoms with van der Waals surface area (Å²) in [5.74, 6) is 1.68. The number of aromatic nitrogens is 2. The summed E-state index contributed by atoms with van der Waals surface area (Å²) >= 11 is 1.17. The number of hydrogen-bond donors (Lipinski definition) is 0. The van der Waals surface area contributed by atoms with Crippen molar-refractivity contribution in [2.24, 2.45) is 5.92 Å². The molecule has 0 spiro atoms. The summed E-state index contributed by atoms with van der Waals surface area (Å²) in [5.41, 5.74) is 0.587. The fourth-order valence-corrected chi connectivity index (χ4v) is 5.18. The summed E-state index contributed by atoms with van der Waals surface area (Å²) in [6.45, 7) is 0. The lowest BCUT2D eigenvalue weighted by atomic mass is 10.1. The van der Waals surface area contributed by atoms with Crippen LogP contribution in [0.2, 0.25) is 0 Å². The van der Waals surface area contributed by atoms with Crippen molar-refractivity contribution in [3.8, 4) is 5.75 Å². The monoisotopic (exact) mass is 382 g/mol. The van der Waals surface area contributed by atoms with Crippen LogP contribution in [-0.4, -0.2) is 48.8 Å². The van der Waals surface area contributed by atoms with Crippen molar-refractivity contribution >= 4 is 27.4 Å². The minimum Gasteiger partial charge on any atom is -0.497 e. The van der Waals surface area contributed by atoms with E-state index in [0.717, 1.165) is 0 Å². The van der Waals surface area contributed by atoms with Crippen molar-refractivity contribution in [3.63, 3.8) is 0 Å². The predicted molar refractivity (Wildman–Crippen MR) is 92.8 cm³/mol. The first-order chi connectivity index (χ1) is 11.9. The average molecular weight is 382 g/mol. The Kier molecular flexibility index (Phi) is 5.43. The van der Waals surface area contributed by atoms with E-state index in [4.69, 9.17) is 9.15 Å². The van der Waals surface area contributed by atoms with Crippen molar-refractivity contribution in [2.45, 2.75) is 18.1 Å². The van der Waals surface area contributed by atoms with Gasteiger partial charge in [0.15, 0.2) is 15.6 Å². The van der Waals surface area contributed by atoms with Gasteiger partial charge in [0.05, 0.1) is 24.4 Å². The lowest BCUT2D eigenvalue weighted by Crippen LogP contribution is -2.07. The Morgan fingerprint density at radius 1 is 1.32 bits per heavy atom. The van der Waals surface area contributed by atoms with Crippen LogP contribution >= 0.6 is 11.8 Å². The van der Waals surface area contributed by atoms with Crippen molar-refractivity contribution in [3.05, 3.63) is 35.7 Å². The smallest absolute Gasteiger partial charge is 0.277 e. The zero-order chi connectivity index (χ0) is 17.9. The van der Waals surface area contributed by atoms with E-state index in [1.165, 1.54) is 11.8 Å². The molecule has 9 heteroatoms. The highest BCUT2D eigenvalue weighted by Crippen LogP contribution is 2.24. The summed E-state index contributed by atoms with van der Waals surface area (Å²) in [6.07, 6.45) is 1.09. The van der Waals surface area contributed by atoms with E-state index in [9.17, 15) is 13.2 Å². The van der Waals surface area contributed by atoms with Gasteiger partial charge in [0, 0.05) is 12.0 Å². The highest BCUT2D eigenvalue weighted by Gasteiger charge is 2.29. The number of sulfone groups is 1. The number of ether oxygens (including phenoxy) is 1. The standard InChI is InChI=1S/C16H18N2O5S2/c1-22-13-4-2-12(3-5-13)14(19)9-24-16-18-17-15(23-16)8-11-6-7-25(20,21)10-11/h2-5,11H,6-10H2,1H3/t11-/m0/s1. The van der Waals surface area contributed by atoms with E-state index in [0.29, 0.717) is 35.3 Å². The molecule has 1 fully saturated rings. The number of hydrogen-bond acceptors (Lipinski definition) is 8. The van der Waals surface area contributed by atoms with Crippen LogP contribution in [0.25, 0.3) is 0 Å². The maximum absolute atomic E-state index is 12.2. The molecule has 1 aliphatic rings. The van der Waals surface area contributed by atoms with E-state index < -0.39 is 9.84 Å². The molecule has 3 rings (SSSR count). The SMILES string of the molecule is COc1ccc(C(=O)CSc2nnc(C[C@@H]3CCS(=O)(=O)C3)o2)cc1. The number of benzene rings is 1. The molecule has 1 aliphatic heterocycles. The van der Waals surface area contributed by atoms with Gasteiger partial charge in [0.1, 0.15) is 5.75 Å². The predicted octanol–water partition coefficient (Wildman–Crippen LogP) is 2.03. The van der Waals surface area contributed by atoms with Crippen LogP contribution in [0.15, 0.2) is 33.9 Å². The van der Waals surface area contributed by atoms with Gasteiger partial charge in [0.2, 0.25) is 5.89 Å². The second kappa shape index (κ2) is 7.57. The maximum Gasteiger partial charge on any atom is 0.277 e. The van der Waals surface area contributed by atoms with Crippen molar-refractivity contribution in [2.75, 3.05) is 24.4 Å². The summed E-state index contributed by atoms with van der Waals surface area (Å²) in [4.78, 5) is 12.2. The lowest BCUT2D eigenvalue weighted by Gasteiger charge is -2.02. The number of ketones is 1.